The van der Waals surface area contributed by atoms with E-state index in [0.29, 0.717) is 0 Å². The molecule has 1 heterocycles. The van der Waals surface area contributed by atoms with Gasteiger partial charge in [0.2, 0.25) is 0 Å². The molecule has 0 spiro atoms. The summed E-state index contributed by atoms with van der Waals surface area (Å²) in [6.45, 7) is 5.68. The van der Waals surface area contributed by atoms with Crippen LogP contribution >= 0.6 is 0 Å². The summed E-state index contributed by atoms with van der Waals surface area (Å²) >= 11 is 0. The van der Waals surface area contributed by atoms with Crippen LogP contribution in [0.5, 0.6) is 0 Å². The summed E-state index contributed by atoms with van der Waals surface area (Å²) < 4.78 is 0. The summed E-state index contributed by atoms with van der Waals surface area (Å²) in [4.78, 5) is 4.70. The van der Waals surface area contributed by atoms with Crippen LogP contribution < -0.4 is 5.32 Å². The van der Waals surface area contributed by atoms with Crippen LogP contribution in [0.3, 0.4) is 0 Å². The van der Waals surface area contributed by atoms with E-state index in [1.165, 1.54) is 62.6 Å². The molecule has 0 radical (unpaired) electrons. The molecule has 0 saturated carbocycles. The average Bonchev–Trinajstić information content (AvgIpc) is 2.84. The van der Waals surface area contributed by atoms with E-state index in [-0.39, 0.29) is 0 Å². The van der Waals surface area contributed by atoms with Crippen molar-refractivity contribution in [2.75, 3.05) is 11.9 Å². The Morgan fingerprint density at radius 3 is 2.79 bits per heavy atom. The molecule has 0 aromatic carbocycles. The van der Waals surface area contributed by atoms with Gasteiger partial charge in [-0.2, -0.15) is 0 Å². The Bertz CT molecular complexity index is 385. The lowest BCUT2D eigenvalue weighted by Crippen LogP contribution is -2.04. The Labute approximate surface area is 118 Å². The van der Waals surface area contributed by atoms with Gasteiger partial charge in [0, 0.05) is 12.2 Å². The molecule has 0 unspecified atom stereocenters. The topological polar surface area (TPSA) is 24.9 Å². The van der Waals surface area contributed by atoms with Gasteiger partial charge in [0.15, 0.2) is 0 Å². The van der Waals surface area contributed by atoms with Crippen molar-refractivity contribution >= 4 is 5.82 Å². The highest BCUT2D eigenvalue weighted by Gasteiger charge is 2.11. The molecular formula is C17H28N2. The molecule has 0 saturated heterocycles. The minimum Gasteiger partial charge on any atom is -0.370 e. The SMILES string of the molecule is CC(C)CCCCCCNc1ccc2c(n1)CCC2. The van der Waals surface area contributed by atoms with E-state index >= 15 is 0 Å². The minimum absolute atomic E-state index is 0.855. The van der Waals surface area contributed by atoms with Crippen molar-refractivity contribution in [1.82, 2.24) is 4.98 Å². The number of nitrogens with zero attached hydrogens (tertiary/aromatic N) is 1. The number of fused-ring (bicyclic) bond motifs is 1. The third-order valence-corrected chi connectivity index (χ3v) is 3.94. The lowest BCUT2D eigenvalue weighted by atomic mass is 10.0. The molecule has 0 bridgehead atoms. The summed E-state index contributed by atoms with van der Waals surface area (Å²) in [7, 11) is 0. The largest absolute Gasteiger partial charge is 0.370 e. The molecule has 19 heavy (non-hydrogen) atoms. The predicted molar refractivity (Wildman–Crippen MR) is 82.7 cm³/mol. The molecule has 1 aromatic heterocycles. The number of aromatic nitrogens is 1. The van der Waals surface area contributed by atoms with Gasteiger partial charge in [-0.05, 0) is 43.2 Å². The maximum absolute atomic E-state index is 4.70. The van der Waals surface area contributed by atoms with Crippen LogP contribution in [-0.4, -0.2) is 11.5 Å². The lowest BCUT2D eigenvalue weighted by Gasteiger charge is -2.08. The minimum atomic E-state index is 0.855. The van der Waals surface area contributed by atoms with Gasteiger partial charge >= 0.3 is 0 Å². The Morgan fingerprint density at radius 2 is 1.95 bits per heavy atom. The molecule has 2 heteroatoms. The van der Waals surface area contributed by atoms with E-state index < -0.39 is 0 Å². The molecule has 1 aliphatic rings. The molecule has 1 aromatic rings. The summed E-state index contributed by atoms with van der Waals surface area (Å²) in [5.74, 6) is 1.93. The number of aryl methyl sites for hydroxylation is 2. The summed E-state index contributed by atoms with van der Waals surface area (Å²) in [5, 5.41) is 3.46. The van der Waals surface area contributed by atoms with E-state index in [0.717, 1.165) is 18.3 Å². The van der Waals surface area contributed by atoms with Crippen molar-refractivity contribution in [1.29, 1.82) is 0 Å². The van der Waals surface area contributed by atoms with Gasteiger partial charge in [0.25, 0.3) is 0 Å². The monoisotopic (exact) mass is 260 g/mol. The van der Waals surface area contributed by atoms with Crippen molar-refractivity contribution in [3.8, 4) is 0 Å². The maximum atomic E-state index is 4.70. The van der Waals surface area contributed by atoms with Gasteiger partial charge in [0.1, 0.15) is 5.82 Å². The first-order valence-corrected chi connectivity index (χ1v) is 7.98. The molecule has 2 nitrogen and oxygen atoms in total. The maximum Gasteiger partial charge on any atom is 0.126 e. The molecule has 2 rings (SSSR count). The van der Waals surface area contributed by atoms with Crippen molar-refractivity contribution in [2.24, 2.45) is 5.92 Å². The summed E-state index contributed by atoms with van der Waals surface area (Å²) in [6, 6.07) is 4.39. The summed E-state index contributed by atoms with van der Waals surface area (Å²) in [6.07, 6.45) is 10.4. The van der Waals surface area contributed by atoms with Gasteiger partial charge in [-0.25, -0.2) is 4.98 Å². The van der Waals surface area contributed by atoms with Crippen LogP contribution in [0.25, 0.3) is 0 Å². The van der Waals surface area contributed by atoms with Crippen LogP contribution in [0.15, 0.2) is 12.1 Å². The van der Waals surface area contributed by atoms with Gasteiger partial charge in [-0.15, -0.1) is 0 Å². The zero-order chi connectivity index (χ0) is 13.5. The van der Waals surface area contributed by atoms with E-state index in [2.05, 4.69) is 31.3 Å². The van der Waals surface area contributed by atoms with E-state index in [1.807, 2.05) is 0 Å². The smallest absolute Gasteiger partial charge is 0.126 e. The molecule has 0 fully saturated rings. The number of anilines is 1. The lowest BCUT2D eigenvalue weighted by molar-refractivity contribution is 0.523. The first-order valence-electron chi connectivity index (χ1n) is 7.98. The van der Waals surface area contributed by atoms with Crippen LogP contribution in [0.4, 0.5) is 5.82 Å². The fourth-order valence-corrected chi connectivity index (χ4v) is 2.77. The number of nitrogens with one attached hydrogen (secondary N) is 1. The molecule has 1 N–H and O–H groups in total. The average molecular weight is 260 g/mol. The first kappa shape index (κ1) is 14.4. The van der Waals surface area contributed by atoms with E-state index in [4.69, 9.17) is 4.98 Å². The Morgan fingerprint density at radius 1 is 1.11 bits per heavy atom. The molecule has 0 amide bonds. The van der Waals surface area contributed by atoms with E-state index in [9.17, 15) is 0 Å². The molecular weight excluding hydrogens is 232 g/mol. The van der Waals surface area contributed by atoms with Crippen molar-refractivity contribution in [2.45, 2.75) is 65.2 Å². The number of hydrogen-bond donors (Lipinski definition) is 1. The molecule has 106 valence electrons. The fourth-order valence-electron chi connectivity index (χ4n) is 2.77. The zero-order valence-corrected chi connectivity index (χ0v) is 12.5. The van der Waals surface area contributed by atoms with Crippen LogP contribution in [0, 0.1) is 5.92 Å². The normalized spacial score (nSPS) is 13.8. The second-order valence-corrected chi connectivity index (χ2v) is 6.18. The predicted octanol–water partition coefficient (Wildman–Crippen LogP) is 4.59. The highest BCUT2D eigenvalue weighted by Crippen LogP contribution is 2.21. The number of pyridine rings is 1. The highest BCUT2D eigenvalue weighted by atomic mass is 15.0. The Hall–Kier alpha value is -1.05. The zero-order valence-electron chi connectivity index (χ0n) is 12.5. The van der Waals surface area contributed by atoms with Gasteiger partial charge in [0.05, 0.1) is 0 Å². The van der Waals surface area contributed by atoms with Crippen molar-refractivity contribution in [3.63, 3.8) is 0 Å². The Balaban J connectivity index is 1.58. The number of unbranched alkanes of at least 4 members (excludes halogenated alkanes) is 3. The standard InChI is InChI=1S/C17H28N2/c1-14(2)8-5-3-4-6-13-18-17-12-11-15-9-7-10-16(15)19-17/h11-12,14H,3-10,13H2,1-2H3,(H,18,19). The third kappa shape index (κ3) is 4.85. The van der Waals surface area contributed by atoms with Crippen LogP contribution in [0.1, 0.15) is 63.6 Å². The number of hydrogen-bond acceptors (Lipinski definition) is 2. The van der Waals surface area contributed by atoms with Crippen molar-refractivity contribution < 1.29 is 0 Å². The van der Waals surface area contributed by atoms with Crippen molar-refractivity contribution in [3.05, 3.63) is 23.4 Å². The number of rotatable bonds is 8. The Kier molecular flexibility index (Phi) is 5.68. The second-order valence-electron chi connectivity index (χ2n) is 6.18. The van der Waals surface area contributed by atoms with Gasteiger partial charge in [-0.3, -0.25) is 0 Å². The van der Waals surface area contributed by atoms with Crippen LogP contribution in [0.2, 0.25) is 0 Å². The molecule has 1 aliphatic carbocycles. The summed E-state index contributed by atoms with van der Waals surface area (Å²) in [5.41, 5.74) is 2.78. The van der Waals surface area contributed by atoms with Gasteiger partial charge < -0.3 is 5.32 Å². The third-order valence-electron chi connectivity index (χ3n) is 3.94. The molecule has 0 aliphatic heterocycles. The van der Waals surface area contributed by atoms with Crippen LogP contribution in [-0.2, 0) is 12.8 Å². The second kappa shape index (κ2) is 7.52. The van der Waals surface area contributed by atoms with E-state index in [1.54, 1.807) is 0 Å². The first-order chi connectivity index (χ1) is 9.25. The van der Waals surface area contributed by atoms with Gasteiger partial charge in [-0.1, -0.05) is 45.6 Å². The highest BCUT2D eigenvalue weighted by molar-refractivity contribution is 5.40. The fraction of sp³-hybridized carbons (Fsp3) is 0.706. The quantitative estimate of drug-likeness (QED) is 0.692. The molecule has 0 atom stereocenters.